The summed E-state index contributed by atoms with van der Waals surface area (Å²) in [6.45, 7) is 2.37. The molecule has 0 saturated carbocycles. The highest BCUT2D eigenvalue weighted by atomic mass is 16.5. The van der Waals surface area contributed by atoms with Gasteiger partial charge >= 0.3 is 0 Å². The van der Waals surface area contributed by atoms with E-state index in [1.54, 1.807) is 0 Å². The molecule has 6 heteroatoms. The lowest BCUT2D eigenvalue weighted by atomic mass is 10.0. The summed E-state index contributed by atoms with van der Waals surface area (Å²) >= 11 is 0. The van der Waals surface area contributed by atoms with Crippen LogP contribution in [0.4, 0.5) is 17.1 Å². The molecule has 1 aromatic carbocycles. The van der Waals surface area contributed by atoms with Crippen molar-refractivity contribution < 1.29 is 9.32 Å². The Kier molecular flexibility index (Phi) is 3.06. The lowest BCUT2D eigenvalue weighted by Gasteiger charge is -2.19. The van der Waals surface area contributed by atoms with Gasteiger partial charge in [0.2, 0.25) is 5.91 Å². The number of benzene rings is 1. The number of anilines is 3. The average Bonchev–Trinajstić information content (AvgIpc) is 2.83. The predicted molar refractivity (Wildman–Crippen MR) is 76.4 cm³/mol. The second-order valence-electron chi connectivity index (χ2n) is 4.93. The van der Waals surface area contributed by atoms with Gasteiger partial charge in [-0.3, -0.25) is 4.79 Å². The molecular weight excluding hydrogens is 256 g/mol. The van der Waals surface area contributed by atoms with Crippen LogP contribution in [-0.2, 0) is 17.8 Å². The summed E-state index contributed by atoms with van der Waals surface area (Å²) in [4.78, 5) is 11.4. The number of nitrogens with zero attached hydrogens (tertiary/aromatic N) is 1. The maximum absolute atomic E-state index is 11.4. The van der Waals surface area contributed by atoms with Gasteiger partial charge in [-0.2, -0.15) is 0 Å². The van der Waals surface area contributed by atoms with Crippen molar-refractivity contribution in [1.29, 1.82) is 0 Å². The Morgan fingerprint density at radius 2 is 2.25 bits per heavy atom. The summed E-state index contributed by atoms with van der Waals surface area (Å²) in [6.07, 6.45) is 1.24. The van der Waals surface area contributed by atoms with Gasteiger partial charge in [-0.1, -0.05) is 5.16 Å². The van der Waals surface area contributed by atoms with Crippen LogP contribution in [0.2, 0.25) is 0 Å². The Bertz CT molecular complexity index is 663. The SMILES string of the molecule is Cc1cc(CNc2cc3c(cc2N)CCC(=O)N3)no1. The molecular formula is C14H16N4O2. The van der Waals surface area contributed by atoms with Crippen LogP contribution in [0.15, 0.2) is 22.7 Å². The molecule has 20 heavy (non-hydrogen) atoms. The molecule has 3 rings (SSSR count). The first kappa shape index (κ1) is 12.5. The fourth-order valence-corrected chi connectivity index (χ4v) is 2.29. The smallest absolute Gasteiger partial charge is 0.224 e. The number of nitrogen functional groups attached to an aromatic ring is 1. The van der Waals surface area contributed by atoms with E-state index in [4.69, 9.17) is 10.3 Å². The van der Waals surface area contributed by atoms with Gasteiger partial charge in [-0.05, 0) is 31.0 Å². The highest BCUT2D eigenvalue weighted by Gasteiger charge is 2.16. The summed E-state index contributed by atoms with van der Waals surface area (Å²) in [5, 5.41) is 9.98. The molecule has 1 aromatic heterocycles. The molecule has 2 aromatic rings. The molecule has 4 N–H and O–H groups in total. The number of hydrogen-bond donors (Lipinski definition) is 3. The third kappa shape index (κ3) is 2.45. The van der Waals surface area contributed by atoms with Crippen LogP contribution >= 0.6 is 0 Å². The van der Waals surface area contributed by atoms with Gasteiger partial charge in [0.25, 0.3) is 0 Å². The van der Waals surface area contributed by atoms with Gasteiger partial charge in [0.05, 0.1) is 17.9 Å². The maximum Gasteiger partial charge on any atom is 0.224 e. The number of nitrogens with one attached hydrogen (secondary N) is 2. The topological polar surface area (TPSA) is 93.2 Å². The molecule has 104 valence electrons. The lowest BCUT2D eigenvalue weighted by molar-refractivity contribution is -0.116. The number of nitrogens with two attached hydrogens (primary N) is 1. The minimum atomic E-state index is 0.0420. The lowest BCUT2D eigenvalue weighted by Crippen LogP contribution is -2.19. The molecule has 0 fully saturated rings. The van der Waals surface area contributed by atoms with Crippen LogP contribution in [0, 0.1) is 6.92 Å². The Morgan fingerprint density at radius 3 is 3.00 bits per heavy atom. The molecule has 1 aliphatic heterocycles. The minimum absolute atomic E-state index is 0.0420. The number of rotatable bonds is 3. The summed E-state index contributed by atoms with van der Waals surface area (Å²) in [5.74, 6) is 0.813. The number of amides is 1. The number of fused-ring (bicyclic) bond motifs is 1. The number of hydrogen-bond acceptors (Lipinski definition) is 5. The molecule has 0 aliphatic carbocycles. The Labute approximate surface area is 116 Å². The van der Waals surface area contributed by atoms with Gasteiger partial charge < -0.3 is 20.9 Å². The van der Waals surface area contributed by atoms with Crippen LogP contribution in [0.1, 0.15) is 23.4 Å². The van der Waals surface area contributed by atoms with Crippen molar-refractivity contribution >= 4 is 23.0 Å². The first-order valence-corrected chi connectivity index (χ1v) is 6.50. The van der Waals surface area contributed by atoms with Crippen molar-refractivity contribution in [3.05, 3.63) is 35.2 Å². The predicted octanol–water partition coefficient (Wildman–Crippen LogP) is 2.06. The first-order chi connectivity index (χ1) is 9.61. The fourth-order valence-electron chi connectivity index (χ4n) is 2.29. The molecule has 0 atom stereocenters. The summed E-state index contributed by atoms with van der Waals surface area (Å²) < 4.78 is 5.01. The molecule has 1 aliphatic rings. The van der Waals surface area contributed by atoms with Gasteiger partial charge in [0.15, 0.2) is 0 Å². The van der Waals surface area contributed by atoms with E-state index in [2.05, 4.69) is 15.8 Å². The van der Waals surface area contributed by atoms with E-state index in [-0.39, 0.29) is 5.91 Å². The highest BCUT2D eigenvalue weighted by molar-refractivity contribution is 5.95. The highest BCUT2D eigenvalue weighted by Crippen LogP contribution is 2.31. The number of carbonyl (C=O) groups excluding carboxylic acids is 1. The van der Waals surface area contributed by atoms with Gasteiger partial charge in [0.1, 0.15) is 11.5 Å². The van der Waals surface area contributed by atoms with Crippen molar-refractivity contribution in [1.82, 2.24) is 5.16 Å². The van der Waals surface area contributed by atoms with Crippen molar-refractivity contribution in [3.63, 3.8) is 0 Å². The molecule has 0 unspecified atom stereocenters. The third-order valence-corrected chi connectivity index (χ3v) is 3.31. The van der Waals surface area contributed by atoms with E-state index in [9.17, 15) is 4.79 Å². The Balaban J connectivity index is 1.79. The van der Waals surface area contributed by atoms with E-state index in [0.717, 1.165) is 34.8 Å². The average molecular weight is 272 g/mol. The van der Waals surface area contributed by atoms with E-state index in [1.807, 2.05) is 25.1 Å². The third-order valence-electron chi connectivity index (χ3n) is 3.31. The Morgan fingerprint density at radius 1 is 1.40 bits per heavy atom. The number of aryl methyl sites for hydroxylation is 2. The van der Waals surface area contributed by atoms with Crippen molar-refractivity contribution in [2.45, 2.75) is 26.3 Å². The van der Waals surface area contributed by atoms with E-state index in [0.29, 0.717) is 18.7 Å². The molecule has 0 bridgehead atoms. The molecule has 2 heterocycles. The van der Waals surface area contributed by atoms with Crippen LogP contribution in [0.25, 0.3) is 0 Å². The maximum atomic E-state index is 11.4. The largest absolute Gasteiger partial charge is 0.397 e. The minimum Gasteiger partial charge on any atom is -0.397 e. The molecule has 0 saturated heterocycles. The first-order valence-electron chi connectivity index (χ1n) is 6.50. The van der Waals surface area contributed by atoms with Gasteiger partial charge in [-0.15, -0.1) is 0 Å². The van der Waals surface area contributed by atoms with Crippen LogP contribution < -0.4 is 16.4 Å². The molecule has 0 radical (unpaired) electrons. The van der Waals surface area contributed by atoms with Crippen molar-refractivity contribution in [2.24, 2.45) is 0 Å². The van der Waals surface area contributed by atoms with Crippen LogP contribution in [0.3, 0.4) is 0 Å². The van der Waals surface area contributed by atoms with Crippen LogP contribution in [0.5, 0.6) is 0 Å². The molecule has 1 amide bonds. The quantitative estimate of drug-likeness (QED) is 0.744. The number of carbonyl (C=O) groups is 1. The van der Waals surface area contributed by atoms with Crippen molar-refractivity contribution in [2.75, 3.05) is 16.4 Å². The van der Waals surface area contributed by atoms with Gasteiger partial charge in [0, 0.05) is 18.2 Å². The molecule has 0 spiro atoms. The zero-order valence-electron chi connectivity index (χ0n) is 11.2. The molecule has 6 nitrogen and oxygen atoms in total. The zero-order valence-corrected chi connectivity index (χ0v) is 11.2. The second-order valence-corrected chi connectivity index (χ2v) is 4.93. The normalized spacial score (nSPS) is 13.8. The van der Waals surface area contributed by atoms with E-state index >= 15 is 0 Å². The summed E-state index contributed by atoms with van der Waals surface area (Å²) in [5.41, 5.74) is 10.2. The fraction of sp³-hybridized carbons (Fsp3) is 0.286. The second kappa shape index (κ2) is 4.88. The van der Waals surface area contributed by atoms with Crippen LogP contribution in [-0.4, -0.2) is 11.1 Å². The van der Waals surface area contributed by atoms with Crippen molar-refractivity contribution in [3.8, 4) is 0 Å². The monoisotopic (exact) mass is 272 g/mol. The van der Waals surface area contributed by atoms with E-state index < -0.39 is 0 Å². The number of aromatic nitrogens is 1. The van der Waals surface area contributed by atoms with Gasteiger partial charge in [-0.25, -0.2) is 0 Å². The zero-order chi connectivity index (χ0) is 14.1. The Hall–Kier alpha value is -2.50. The standard InChI is InChI=1S/C14H16N4O2/c1-8-4-10(18-20-8)7-16-13-6-12-9(5-11(13)15)2-3-14(19)17-12/h4-6,16H,2-3,7,15H2,1H3,(H,17,19). The summed E-state index contributed by atoms with van der Waals surface area (Å²) in [7, 11) is 0. The summed E-state index contributed by atoms with van der Waals surface area (Å²) in [6, 6.07) is 5.64. The van der Waals surface area contributed by atoms with E-state index in [1.165, 1.54) is 0 Å².